The number of hydrogen-bond donors (Lipinski definition) is 0. The summed E-state index contributed by atoms with van der Waals surface area (Å²) in [4.78, 5) is 19.0. The van der Waals surface area contributed by atoms with Gasteiger partial charge in [-0.15, -0.1) is 0 Å². The number of aromatic nitrogens is 5. The fourth-order valence-corrected chi connectivity index (χ4v) is 8.90. The van der Waals surface area contributed by atoms with E-state index in [4.69, 9.17) is 11.6 Å². The van der Waals surface area contributed by atoms with E-state index in [0.29, 0.717) is 35.0 Å². The number of allylic oxidation sites excluding steroid dienone is 1. The second-order valence-corrected chi connectivity index (χ2v) is 14.1. The van der Waals surface area contributed by atoms with Crippen molar-refractivity contribution in [2.45, 2.75) is 55.6 Å². The average Bonchev–Trinajstić information content (AvgIpc) is 3.55. The van der Waals surface area contributed by atoms with E-state index in [9.17, 15) is 13.4 Å². The summed E-state index contributed by atoms with van der Waals surface area (Å²) < 4.78 is 33.5. The fraction of sp³-hybridized carbons (Fsp3) is 0.323. The molecule has 0 spiro atoms. The number of Topliss-reactive ketones (excluding diaryl/α,β-unsaturated/α-hetero) is 1. The Balaban J connectivity index is 1.32. The second-order valence-electron chi connectivity index (χ2n) is 11.5. The minimum absolute atomic E-state index is 0.106. The van der Waals surface area contributed by atoms with Crippen molar-refractivity contribution < 1.29 is 13.4 Å². The number of aryl methyl sites for hydroxylation is 1. The molecule has 42 heavy (non-hydrogen) atoms. The molecule has 1 aromatic carbocycles. The number of fused-ring (bicyclic) bond motifs is 2. The predicted octanol–water partition coefficient (Wildman–Crippen LogP) is 5.31. The van der Waals surface area contributed by atoms with Gasteiger partial charge in [-0.05, 0) is 98.5 Å². The third kappa shape index (κ3) is 4.53. The van der Waals surface area contributed by atoms with Crippen molar-refractivity contribution in [3.8, 4) is 5.69 Å². The van der Waals surface area contributed by atoms with Gasteiger partial charge in [0.15, 0.2) is 10.8 Å². The number of carbonyl (C=O) groups excluding carboxylic acids is 1. The molecule has 0 N–H and O–H groups in total. The maximum atomic E-state index is 14.6. The Morgan fingerprint density at radius 3 is 2.64 bits per heavy atom. The summed E-state index contributed by atoms with van der Waals surface area (Å²) >= 11 is 6.31. The summed E-state index contributed by atoms with van der Waals surface area (Å²) in [6.45, 7) is 0. The number of halogens is 2. The van der Waals surface area contributed by atoms with Crippen LogP contribution in [0.3, 0.4) is 0 Å². The first-order valence-electron chi connectivity index (χ1n) is 14.0. The van der Waals surface area contributed by atoms with Gasteiger partial charge in [0.2, 0.25) is 0 Å². The third-order valence-corrected chi connectivity index (χ3v) is 11.1. The van der Waals surface area contributed by atoms with Crippen molar-refractivity contribution in [3.63, 3.8) is 0 Å². The Kier molecular flexibility index (Phi) is 6.49. The van der Waals surface area contributed by atoms with Gasteiger partial charge in [-0.25, -0.2) is 17.6 Å². The number of benzene rings is 1. The molecule has 3 aromatic heterocycles. The summed E-state index contributed by atoms with van der Waals surface area (Å²) in [6, 6.07) is 11.2. The van der Waals surface area contributed by atoms with Crippen LogP contribution in [0.15, 0.2) is 71.7 Å². The van der Waals surface area contributed by atoms with Gasteiger partial charge in [0.1, 0.15) is 11.5 Å². The molecule has 3 aliphatic carbocycles. The fourth-order valence-electron chi connectivity index (χ4n) is 6.64. The quantitative estimate of drug-likeness (QED) is 0.211. The molecule has 7 rings (SSSR count). The van der Waals surface area contributed by atoms with Gasteiger partial charge in [-0.2, -0.15) is 10.2 Å². The van der Waals surface area contributed by atoms with Gasteiger partial charge in [-0.3, -0.25) is 14.5 Å². The standard InChI is InChI=1S/C31H30ClFN6O2S/c1-37-14-12-29(36-37)42(2,41)39(25-9-10-25)26-6-3-21-15-28-20(19-35-38(28)24-7-4-23(33)5-8-24)17-31(21,18-26)30(40)27-16-22(32)11-13-34-27/h4-5,7-8,11-16,19,25-26H,2-3,6,9-10,17-18H2,1H3/t26-,31-,42?/m0/s1. The van der Waals surface area contributed by atoms with Crippen molar-refractivity contribution in [2.24, 2.45) is 12.5 Å². The SMILES string of the molecule is C=S(=O)(c1ccn(C)n1)N(C1CC1)[C@H]1CCC2=Cc3c(cnn3-c3ccc(F)cc3)C[C@]2(C(=O)c2cc(Cl)ccn2)C1. The van der Waals surface area contributed by atoms with E-state index in [-0.39, 0.29) is 23.7 Å². The lowest BCUT2D eigenvalue weighted by atomic mass is 9.60. The molecule has 3 heterocycles. The molecule has 1 unspecified atom stereocenters. The molecule has 0 aliphatic heterocycles. The molecule has 3 aliphatic rings. The van der Waals surface area contributed by atoms with Crippen LogP contribution in [0, 0.1) is 11.2 Å². The van der Waals surface area contributed by atoms with Gasteiger partial charge in [0, 0.05) is 36.5 Å². The minimum Gasteiger partial charge on any atom is -0.291 e. The smallest absolute Gasteiger partial charge is 0.191 e. The summed E-state index contributed by atoms with van der Waals surface area (Å²) in [7, 11) is -1.09. The zero-order valence-electron chi connectivity index (χ0n) is 23.1. The Hall–Kier alpha value is -3.60. The van der Waals surface area contributed by atoms with Gasteiger partial charge in [0.05, 0.1) is 32.7 Å². The number of pyridine rings is 1. The number of carbonyl (C=O) groups is 1. The third-order valence-electron chi connectivity index (χ3n) is 8.72. The van der Waals surface area contributed by atoms with Crippen molar-refractivity contribution in [3.05, 3.63) is 94.4 Å². The molecule has 216 valence electrons. The highest BCUT2D eigenvalue weighted by atomic mass is 35.5. The molecule has 0 radical (unpaired) electrons. The van der Waals surface area contributed by atoms with Crippen molar-refractivity contribution in [1.29, 1.82) is 0 Å². The van der Waals surface area contributed by atoms with Crippen molar-refractivity contribution in [1.82, 2.24) is 28.9 Å². The van der Waals surface area contributed by atoms with Crippen LogP contribution < -0.4 is 0 Å². The molecule has 0 saturated heterocycles. The monoisotopic (exact) mass is 604 g/mol. The Morgan fingerprint density at radius 2 is 1.95 bits per heavy atom. The summed E-state index contributed by atoms with van der Waals surface area (Å²) in [5.74, 6) is 3.80. The predicted molar refractivity (Wildman–Crippen MR) is 160 cm³/mol. The van der Waals surface area contributed by atoms with E-state index >= 15 is 0 Å². The maximum Gasteiger partial charge on any atom is 0.191 e. The molecule has 0 amide bonds. The van der Waals surface area contributed by atoms with E-state index in [1.165, 1.54) is 12.1 Å². The molecule has 0 bridgehead atoms. The topological polar surface area (TPSA) is 85.9 Å². The number of ketones is 1. The van der Waals surface area contributed by atoms with E-state index in [1.807, 2.05) is 0 Å². The van der Waals surface area contributed by atoms with Crippen molar-refractivity contribution in [2.75, 3.05) is 0 Å². The Labute approximate surface area is 249 Å². The van der Waals surface area contributed by atoms with E-state index in [1.54, 1.807) is 65.3 Å². The zero-order chi connectivity index (χ0) is 29.2. The molecule has 4 aromatic rings. The van der Waals surface area contributed by atoms with E-state index in [0.717, 1.165) is 41.8 Å². The van der Waals surface area contributed by atoms with Gasteiger partial charge in [-0.1, -0.05) is 17.2 Å². The summed E-state index contributed by atoms with van der Waals surface area (Å²) in [5.41, 5.74) is 2.91. The van der Waals surface area contributed by atoms with Crippen LogP contribution in [0.5, 0.6) is 0 Å². The van der Waals surface area contributed by atoms with Crippen LogP contribution in [0.2, 0.25) is 5.02 Å². The minimum atomic E-state index is -2.89. The maximum absolute atomic E-state index is 14.6. The lowest BCUT2D eigenvalue weighted by Crippen LogP contribution is -2.51. The molecular formula is C31H30ClFN6O2S. The largest absolute Gasteiger partial charge is 0.291 e. The number of nitrogens with zero attached hydrogens (tertiary/aromatic N) is 6. The van der Waals surface area contributed by atoms with Crippen LogP contribution in [0.1, 0.15) is 53.8 Å². The van der Waals surface area contributed by atoms with Gasteiger partial charge < -0.3 is 0 Å². The van der Waals surface area contributed by atoms with Crippen LogP contribution in [0.25, 0.3) is 11.8 Å². The molecule has 3 atom stereocenters. The molecule has 11 heteroatoms. The van der Waals surface area contributed by atoms with Gasteiger partial charge >= 0.3 is 0 Å². The number of rotatable bonds is 7. The summed E-state index contributed by atoms with van der Waals surface area (Å²) in [5, 5.41) is 10.0. The normalized spacial score (nSPS) is 23.1. The average molecular weight is 605 g/mol. The van der Waals surface area contributed by atoms with Crippen LogP contribution in [-0.2, 0) is 23.2 Å². The highest BCUT2D eigenvalue weighted by Gasteiger charge is 2.53. The Morgan fingerprint density at radius 1 is 1.17 bits per heavy atom. The zero-order valence-corrected chi connectivity index (χ0v) is 24.7. The Bertz CT molecular complexity index is 1840. The van der Waals surface area contributed by atoms with Crippen LogP contribution in [-0.4, -0.2) is 56.8 Å². The highest BCUT2D eigenvalue weighted by Crippen LogP contribution is 2.52. The highest BCUT2D eigenvalue weighted by molar-refractivity contribution is 7.98. The summed E-state index contributed by atoms with van der Waals surface area (Å²) in [6.07, 6.45) is 11.3. The lowest BCUT2D eigenvalue weighted by Gasteiger charge is -2.47. The van der Waals surface area contributed by atoms with Crippen LogP contribution >= 0.6 is 11.6 Å². The molecular weight excluding hydrogens is 575 g/mol. The van der Waals surface area contributed by atoms with Gasteiger partial charge in [0.25, 0.3) is 0 Å². The van der Waals surface area contributed by atoms with E-state index in [2.05, 4.69) is 31.4 Å². The van der Waals surface area contributed by atoms with Crippen molar-refractivity contribution >= 4 is 39.0 Å². The lowest BCUT2D eigenvalue weighted by molar-refractivity contribution is 0.0736. The first-order valence-corrected chi connectivity index (χ1v) is 16.1. The van der Waals surface area contributed by atoms with E-state index < -0.39 is 15.1 Å². The second kappa shape index (κ2) is 10.00. The van der Waals surface area contributed by atoms with Crippen LogP contribution in [0.4, 0.5) is 4.39 Å². The molecule has 2 saturated carbocycles. The molecule has 8 nitrogen and oxygen atoms in total. The molecule has 2 fully saturated rings. The first-order chi connectivity index (χ1) is 20.2. The number of hydrogen-bond acceptors (Lipinski definition) is 5. The first kappa shape index (κ1) is 27.2.